The second kappa shape index (κ2) is 7.74. The van der Waals surface area contributed by atoms with E-state index in [1.165, 1.54) is 0 Å². The summed E-state index contributed by atoms with van der Waals surface area (Å²) in [5.74, 6) is 0.121. The second-order valence-electron chi connectivity index (χ2n) is 6.47. The summed E-state index contributed by atoms with van der Waals surface area (Å²) in [4.78, 5) is 12.6. The van der Waals surface area contributed by atoms with Crippen LogP contribution in [0.3, 0.4) is 0 Å². The largest absolute Gasteiger partial charge is 0.392 e. The van der Waals surface area contributed by atoms with Crippen LogP contribution in [0, 0.1) is 11.3 Å². The summed E-state index contributed by atoms with van der Waals surface area (Å²) in [5.41, 5.74) is 0.172. The highest BCUT2D eigenvalue weighted by atomic mass is 32.2. The number of benzene rings is 1. The summed E-state index contributed by atoms with van der Waals surface area (Å²) >= 11 is 0. The number of carbonyl (C=O) groups excluding carboxylic acids is 1. The monoisotopic (exact) mass is 326 g/mol. The van der Waals surface area contributed by atoms with E-state index in [0.29, 0.717) is 17.1 Å². The van der Waals surface area contributed by atoms with Crippen molar-refractivity contribution in [1.82, 2.24) is 5.32 Å². The van der Waals surface area contributed by atoms with Gasteiger partial charge in [0.05, 0.1) is 6.10 Å². The van der Waals surface area contributed by atoms with Gasteiger partial charge in [-0.1, -0.05) is 33.8 Å². The first kappa shape index (κ1) is 18.6. The molecule has 6 heteroatoms. The highest BCUT2D eigenvalue weighted by Crippen LogP contribution is 2.25. The molecule has 1 rings (SSSR count). The molecule has 0 aliphatic carbocycles. The number of rotatable bonds is 6. The summed E-state index contributed by atoms with van der Waals surface area (Å²) in [5, 5.41) is 15.6. The van der Waals surface area contributed by atoms with Crippen LogP contribution in [0.15, 0.2) is 29.2 Å². The molecule has 0 saturated carbocycles. The van der Waals surface area contributed by atoms with E-state index in [1.54, 1.807) is 30.5 Å². The standard InChI is InChI=1S/C16H26N2O3S/c1-11(2)14(19)16(3,4)10-17-15(20)18-12-7-6-8-13(9-12)22(5)21/h6-9,11,14,19H,10H2,1-5H3,(H2,17,18,20). The van der Waals surface area contributed by atoms with Crippen LogP contribution in [-0.4, -0.2) is 34.3 Å². The molecule has 0 aliphatic heterocycles. The maximum Gasteiger partial charge on any atom is 0.319 e. The molecule has 0 heterocycles. The molecule has 0 spiro atoms. The van der Waals surface area contributed by atoms with Crippen molar-refractivity contribution in [3.8, 4) is 0 Å². The number of aliphatic hydroxyl groups excluding tert-OH is 1. The summed E-state index contributed by atoms with van der Waals surface area (Å²) in [6.45, 7) is 8.08. The Kier molecular flexibility index (Phi) is 6.56. The molecule has 2 atom stereocenters. The number of urea groups is 1. The van der Waals surface area contributed by atoms with Gasteiger partial charge in [-0.3, -0.25) is 4.21 Å². The zero-order valence-corrected chi connectivity index (χ0v) is 14.7. The molecule has 5 nitrogen and oxygen atoms in total. The molecule has 0 bridgehead atoms. The van der Waals surface area contributed by atoms with Crippen LogP contribution >= 0.6 is 0 Å². The first-order valence-corrected chi connectivity index (χ1v) is 8.85. The van der Waals surface area contributed by atoms with E-state index in [2.05, 4.69) is 10.6 Å². The molecular weight excluding hydrogens is 300 g/mol. The van der Waals surface area contributed by atoms with Crippen LogP contribution in [0.4, 0.5) is 10.5 Å². The van der Waals surface area contributed by atoms with Gasteiger partial charge in [0.1, 0.15) is 0 Å². The fourth-order valence-corrected chi connectivity index (χ4v) is 2.81. The van der Waals surface area contributed by atoms with Crippen LogP contribution in [0.1, 0.15) is 27.7 Å². The lowest BCUT2D eigenvalue weighted by molar-refractivity contribution is 0.0154. The fourth-order valence-electron chi connectivity index (χ4n) is 2.24. The minimum absolute atomic E-state index is 0.121. The van der Waals surface area contributed by atoms with Crippen molar-refractivity contribution >= 4 is 22.5 Å². The number of hydrogen-bond donors (Lipinski definition) is 3. The summed E-state index contributed by atoms with van der Waals surface area (Å²) in [6, 6.07) is 6.58. The molecule has 3 N–H and O–H groups in total. The van der Waals surface area contributed by atoms with Crippen LogP contribution in [0.25, 0.3) is 0 Å². The number of carbonyl (C=O) groups is 1. The van der Waals surface area contributed by atoms with Crippen LogP contribution in [0.2, 0.25) is 0 Å². The Balaban J connectivity index is 2.60. The molecule has 1 aromatic rings. The average Bonchev–Trinajstić information content (AvgIpc) is 2.44. The molecular formula is C16H26N2O3S. The smallest absolute Gasteiger partial charge is 0.319 e. The minimum Gasteiger partial charge on any atom is -0.392 e. The van der Waals surface area contributed by atoms with Gasteiger partial charge < -0.3 is 15.7 Å². The molecule has 0 saturated heterocycles. The predicted molar refractivity (Wildman–Crippen MR) is 90.4 cm³/mol. The van der Waals surface area contributed by atoms with E-state index in [9.17, 15) is 14.1 Å². The van der Waals surface area contributed by atoms with E-state index in [-0.39, 0.29) is 11.9 Å². The van der Waals surface area contributed by atoms with E-state index in [1.807, 2.05) is 27.7 Å². The number of aliphatic hydroxyl groups is 1. The topological polar surface area (TPSA) is 78.4 Å². The summed E-state index contributed by atoms with van der Waals surface area (Å²) in [6.07, 6.45) is 1.09. The molecule has 0 aliphatic rings. The SMILES string of the molecule is CC(C)C(O)C(C)(C)CNC(=O)Nc1cccc(S(C)=O)c1. The van der Waals surface area contributed by atoms with Crippen LogP contribution in [-0.2, 0) is 10.8 Å². The lowest BCUT2D eigenvalue weighted by atomic mass is 9.81. The van der Waals surface area contributed by atoms with E-state index >= 15 is 0 Å². The van der Waals surface area contributed by atoms with Crippen LogP contribution < -0.4 is 10.6 Å². The molecule has 2 unspecified atom stereocenters. The van der Waals surface area contributed by atoms with Crippen molar-refractivity contribution in [3.63, 3.8) is 0 Å². The van der Waals surface area contributed by atoms with Gasteiger partial charge in [-0.2, -0.15) is 0 Å². The molecule has 22 heavy (non-hydrogen) atoms. The zero-order chi connectivity index (χ0) is 16.9. The molecule has 0 radical (unpaired) electrons. The highest BCUT2D eigenvalue weighted by molar-refractivity contribution is 7.84. The van der Waals surface area contributed by atoms with E-state index < -0.39 is 22.3 Å². The molecule has 0 fully saturated rings. The summed E-state index contributed by atoms with van der Waals surface area (Å²) < 4.78 is 11.4. The van der Waals surface area contributed by atoms with Gasteiger partial charge in [-0.25, -0.2) is 4.79 Å². The first-order chi connectivity index (χ1) is 10.1. The third-order valence-electron chi connectivity index (χ3n) is 3.56. The Bertz CT molecular complexity index is 544. The molecule has 0 aromatic heterocycles. The van der Waals surface area contributed by atoms with Crippen molar-refractivity contribution in [2.45, 2.75) is 38.7 Å². The third kappa shape index (κ3) is 5.42. The van der Waals surface area contributed by atoms with E-state index in [4.69, 9.17) is 0 Å². The van der Waals surface area contributed by atoms with Gasteiger partial charge in [-0.15, -0.1) is 0 Å². The van der Waals surface area contributed by atoms with Gasteiger partial charge in [0.15, 0.2) is 0 Å². The van der Waals surface area contributed by atoms with Crippen molar-refractivity contribution in [3.05, 3.63) is 24.3 Å². The Morgan fingerprint density at radius 1 is 1.36 bits per heavy atom. The highest BCUT2D eigenvalue weighted by Gasteiger charge is 2.30. The molecule has 1 aromatic carbocycles. The summed E-state index contributed by atoms with van der Waals surface area (Å²) in [7, 11) is -1.09. The fraction of sp³-hybridized carbons (Fsp3) is 0.562. The zero-order valence-electron chi connectivity index (χ0n) is 13.8. The van der Waals surface area contributed by atoms with Crippen LogP contribution in [0.5, 0.6) is 0 Å². The van der Waals surface area contributed by atoms with Gasteiger partial charge in [0.2, 0.25) is 0 Å². The maximum absolute atomic E-state index is 12.0. The Morgan fingerprint density at radius 3 is 2.55 bits per heavy atom. The lowest BCUT2D eigenvalue weighted by Gasteiger charge is -2.33. The first-order valence-electron chi connectivity index (χ1n) is 7.30. The Hall–Kier alpha value is -1.40. The number of nitrogens with one attached hydrogen (secondary N) is 2. The predicted octanol–water partition coefficient (Wildman–Crippen LogP) is 2.59. The Labute approximate surface area is 135 Å². The van der Waals surface area contributed by atoms with Crippen molar-refractivity contribution < 1.29 is 14.1 Å². The second-order valence-corrected chi connectivity index (χ2v) is 7.85. The molecule has 124 valence electrons. The average molecular weight is 326 g/mol. The number of hydrogen-bond acceptors (Lipinski definition) is 3. The van der Waals surface area contributed by atoms with Gasteiger partial charge in [0, 0.05) is 39.6 Å². The van der Waals surface area contributed by atoms with E-state index in [0.717, 1.165) is 0 Å². The quantitative estimate of drug-likeness (QED) is 0.752. The van der Waals surface area contributed by atoms with Crippen molar-refractivity contribution in [1.29, 1.82) is 0 Å². The van der Waals surface area contributed by atoms with Crippen molar-refractivity contribution in [2.24, 2.45) is 11.3 Å². The van der Waals surface area contributed by atoms with Crippen molar-refractivity contribution in [2.75, 3.05) is 18.1 Å². The number of amides is 2. The van der Waals surface area contributed by atoms with Gasteiger partial charge in [-0.05, 0) is 24.1 Å². The van der Waals surface area contributed by atoms with Gasteiger partial charge >= 0.3 is 6.03 Å². The Morgan fingerprint density at radius 2 is 2.00 bits per heavy atom. The normalized spacial score (nSPS) is 14.5. The molecule has 2 amide bonds. The third-order valence-corrected chi connectivity index (χ3v) is 4.48. The lowest BCUT2D eigenvalue weighted by Crippen LogP contribution is -2.44. The van der Waals surface area contributed by atoms with Gasteiger partial charge in [0.25, 0.3) is 0 Å². The number of anilines is 1. The minimum atomic E-state index is -1.09. The maximum atomic E-state index is 12.0.